The molecule has 0 atom stereocenters. The number of alkyl halides is 2. The van der Waals surface area contributed by atoms with Crippen LogP contribution in [0.1, 0.15) is 15.9 Å². The van der Waals surface area contributed by atoms with Crippen LogP contribution in [-0.2, 0) is 0 Å². The lowest BCUT2D eigenvalue weighted by Gasteiger charge is -2.08. The third kappa shape index (κ3) is 5.12. The van der Waals surface area contributed by atoms with Crippen LogP contribution in [0.3, 0.4) is 0 Å². The van der Waals surface area contributed by atoms with E-state index in [1.807, 2.05) is 0 Å². The molecule has 2 aromatic rings. The number of methoxy groups -OCH3 is 1. The fourth-order valence-electron chi connectivity index (χ4n) is 1.99. The zero-order valence-electron chi connectivity index (χ0n) is 13.0. The van der Waals surface area contributed by atoms with Crippen molar-refractivity contribution < 1.29 is 23.2 Å². The van der Waals surface area contributed by atoms with Crippen LogP contribution in [-0.4, -0.2) is 23.6 Å². The molecule has 2 rings (SSSR count). The second kappa shape index (κ2) is 8.39. The highest BCUT2D eigenvalue weighted by Crippen LogP contribution is 2.34. The molecule has 0 N–H and O–H groups in total. The van der Waals surface area contributed by atoms with E-state index < -0.39 is 10.7 Å². The Bertz CT molecular complexity index is 807. The normalized spacial score (nSPS) is 11.0. The lowest BCUT2D eigenvalue weighted by molar-refractivity contribution is -0.384. The van der Waals surface area contributed by atoms with Crippen LogP contribution in [0.4, 0.5) is 14.5 Å². The molecule has 0 spiro atoms. The van der Waals surface area contributed by atoms with Gasteiger partial charge in [-0.15, -0.1) is 0 Å². The maximum Gasteiger partial charge on any atom is 0.289 e. The fourth-order valence-corrected chi connectivity index (χ4v) is 2.59. The van der Waals surface area contributed by atoms with Crippen LogP contribution in [0, 0.1) is 10.1 Å². The minimum absolute atomic E-state index is 0.0414. The summed E-state index contributed by atoms with van der Waals surface area (Å²) in [6, 6.07) is 9.95. The molecule has 0 aliphatic rings. The smallest absolute Gasteiger partial charge is 0.289 e. The fraction of sp³-hybridized carbons (Fsp3) is 0.118. The number of rotatable bonds is 7. The Morgan fingerprint density at radius 2 is 1.92 bits per heavy atom. The number of thioether (sulfide) groups is 1. The van der Waals surface area contributed by atoms with Gasteiger partial charge in [0.05, 0.1) is 16.9 Å². The summed E-state index contributed by atoms with van der Waals surface area (Å²) < 4.78 is 30.0. The second-order valence-electron chi connectivity index (χ2n) is 4.79. The Labute approximate surface area is 146 Å². The maximum atomic E-state index is 12.5. The van der Waals surface area contributed by atoms with Gasteiger partial charge in [0.15, 0.2) is 5.78 Å². The highest BCUT2D eigenvalue weighted by molar-refractivity contribution is 7.99. The van der Waals surface area contributed by atoms with Crippen molar-refractivity contribution in [3.63, 3.8) is 0 Å². The van der Waals surface area contributed by atoms with Gasteiger partial charge in [0.1, 0.15) is 5.75 Å². The summed E-state index contributed by atoms with van der Waals surface area (Å²) >= 11 is 0.341. The highest BCUT2D eigenvalue weighted by Gasteiger charge is 2.13. The van der Waals surface area contributed by atoms with Gasteiger partial charge in [0, 0.05) is 17.7 Å². The quantitative estimate of drug-likeness (QED) is 0.231. The standard InChI is InChI=1S/C17H13F2NO4S/c1-24-15-10-12(5-9-16(15)25-17(18)19)14(21)8-4-11-2-6-13(7-3-11)20(22)23/h2-10,17H,1H3. The number of benzene rings is 2. The third-order valence-corrected chi connectivity index (χ3v) is 3.96. The number of non-ortho nitro benzene ring substituents is 1. The minimum Gasteiger partial charge on any atom is -0.496 e. The number of halogens is 2. The van der Waals surface area contributed by atoms with Crippen molar-refractivity contribution in [3.8, 4) is 5.75 Å². The van der Waals surface area contributed by atoms with Crippen molar-refractivity contribution in [1.82, 2.24) is 0 Å². The van der Waals surface area contributed by atoms with Gasteiger partial charge in [-0.05, 0) is 42.0 Å². The highest BCUT2D eigenvalue weighted by atomic mass is 32.2. The molecular formula is C17H13F2NO4S. The number of carbonyl (C=O) groups is 1. The van der Waals surface area contributed by atoms with Gasteiger partial charge < -0.3 is 4.74 Å². The van der Waals surface area contributed by atoms with E-state index in [2.05, 4.69) is 0 Å². The molecule has 25 heavy (non-hydrogen) atoms. The van der Waals surface area contributed by atoms with E-state index >= 15 is 0 Å². The molecule has 0 radical (unpaired) electrons. The van der Waals surface area contributed by atoms with E-state index in [1.165, 1.54) is 61.7 Å². The molecule has 0 amide bonds. The Morgan fingerprint density at radius 3 is 2.48 bits per heavy atom. The predicted octanol–water partition coefficient (Wildman–Crippen LogP) is 4.81. The number of nitro groups is 1. The summed E-state index contributed by atoms with van der Waals surface area (Å²) in [7, 11) is 1.34. The first-order valence-corrected chi connectivity index (χ1v) is 7.88. The van der Waals surface area contributed by atoms with Gasteiger partial charge in [0.25, 0.3) is 11.4 Å². The Morgan fingerprint density at radius 1 is 1.24 bits per heavy atom. The summed E-state index contributed by atoms with van der Waals surface area (Å²) in [6.45, 7) is 0. The maximum absolute atomic E-state index is 12.5. The molecule has 0 aromatic heterocycles. The molecule has 130 valence electrons. The van der Waals surface area contributed by atoms with Gasteiger partial charge in [-0.2, -0.15) is 8.78 Å². The average Bonchev–Trinajstić information content (AvgIpc) is 2.59. The molecule has 2 aromatic carbocycles. The number of hydrogen-bond donors (Lipinski definition) is 0. The summed E-state index contributed by atoms with van der Waals surface area (Å²) in [4.78, 5) is 22.5. The molecule has 0 fully saturated rings. The molecule has 0 aliphatic heterocycles. The Hall–Kier alpha value is -2.74. The van der Waals surface area contributed by atoms with E-state index in [0.29, 0.717) is 17.3 Å². The van der Waals surface area contributed by atoms with Crippen LogP contribution < -0.4 is 4.74 Å². The van der Waals surface area contributed by atoms with Crippen LogP contribution in [0.25, 0.3) is 6.08 Å². The molecule has 0 saturated heterocycles. The first-order chi connectivity index (χ1) is 11.9. The van der Waals surface area contributed by atoms with Gasteiger partial charge in [-0.3, -0.25) is 14.9 Å². The lowest BCUT2D eigenvalue weighted by Crippen LogP contribution is -1.97. The SMILES string of the molecule is COc1cc(C(=O)C=Cc2ccc([N+](=O)[O-])cc2)ccc1SC(F)F. The summed E-state index contributed by atoms with van der Waals surface area (Å²) in [5, 5.41) is 10.6. The Balaban J connectivity index is 2.15. The van der Waals surface area contributed by atoms with Crippen LogP contribution >= 0.6 is 11.8 Å². The second-order valence-corrected chi connectivity index (χ2v) is 5.82. The zero-order chi connectivity index (χ0) is 18.4. The van der Waals surface area contributed by atoms with Crippen LogP contribution in [0.2, 0.25) is 0 Å². The molecule has 0 heterocycles. The van der Waals surface area contributed by atoms with E-state index in [4.69, 9.17) is 4.74 Å². The van der Waals surface area contributed by atoms with Crippen molar-refractivity contribution in [2.75, 3.05) is 7.11 Å². The first-order valence-electron chi connectivity index (χ1n) is 7.00. The number of nitro benzene ring substituents is 1. The van der Waals surface area contributed by atoms with Crippen molar-refractivity contribution in [1.29, 1.82) is 0 Å². The molecule has 5 nitrogen and oxygen atoms in total. The van der Waals surface area contributed by atoms with E-state index in [0.717, 1.165) is 0 Å². The lowest BCUT2D eigenvalue weighted by atomic mass is 10.1. The summed E-state index contributed by atoms with van der Waals surface area (Å²) in [5.41, 5.74) is 0.866. The van der Waals surface area contributed by atoms with Crippen LogP contribution in [0.15, 0.2) is 53.4 Å². The largest absolute Gasteiger partial charge is 0.496 e. The van der Waals surface area contributed by atoms with E-state index in [9.17, 15) is 23.7 Å². The monoisotopic (exact) mass is 365 g/mol. The molecule has 8 heteroatoms. The molecule has 0 bridgehead atoms. The summed E-state index contributed by atoms with van der Waals surface area (Å²) in [6.07, 6.45) is 2.82. The molecule has 0 aliphatic carbocycles. The average molecular weight is 365 g/mol. The topological polar surface area (TPSA) is 69.4 Å². The van der Waals surface area contributed by atoms with Crippen molar-refractivity contribution >= 4 is 29.3 Å². The number of ether oxygens (including phenoxy) is 1. The van der Waals surface area contributed by atoms with Gasteiger partial charge in [-0.25, -0.2) is 0 Å². The van der Waals surface area contributed by atoms with Crippen molar-refractivity contribution in [3.05, 3.63) is 69.8 Å². The van der Waals surface area contributed by atoms with E-state index in [1.54, 1.807) is 0 Å². The predicted molar refractivity (Wildman–Crippen MR) is 91.3 cm³/mol. The van der Waals surface area contributed by atoms with Crippen LogP contribution in [0.5, 0.6) is 5.75 Å². The number of carbonyl (C=O) groups excluding carboxylic acids is 1. The number of hydrogen-bond acceptors (Lipinski definition) is 5. The Kier molecular flexibility index (Phi) is 6.24. The first kappa shape index (κ1) is 18.6. The zero-order valence-corrected chi connectivity index (χ0v) is 13.8. The van der Waals surface area contributed by atoms with Gasteiger partial charge >= 0.3 is 0 Å². The number of ketones is 1. The molecule has 0 unspecified atom stereocenters. The summed E-state index contributed by atoms with van der Waals surface area (Å²) in [5.74, 6) is -2.73. The molecule has 0 saturated carbocycles. The van der Waals surface area contributed by atoms with Gasteiger partial charge in [0.2, 0.25) is 0 Å². The van der Waals surface area contributed by atoms with Crippen molar-refractivity contribution in [2.24, 2.45) is 0 Å². The molecular weight excluding hydrogens is 352 g/mol. The van der Waals surface area contributed by atoms with Gasteiger partial charge in [-0.1, -0.05) is 17.8 Å². The van der Waals surface area contributed by atoms with Crippen molar-refractivity contribution in [2.45, 2.75) is 10.7 Å². The number of allylic oxidation sites excluding steroid dienone is 1. The number of nitrogens with zero attached hydrogens (tertiary/aromatic N) is 1. The van der Waals surface area contributed by atoms with E-state index in [-0.39, 0.29) is 27.7 Å². The minimum atomic E-state index is -2.59. The third-order valence-electron chi connectivity index (χ3n) is 3.20.